The summed E-state index contributed by atoms with van der Waals surface area (Å²) in [4.78, 5) is 4.49. The highest BCUT2D eigenvalue weighted by atomic mass is 79.9. The Morgan fingerprint density at radius 3 is 2.59 bits per heavy atom. The van der Waals surface area contributed by atoms with Crippen LogP contribution in [0.15, 0.2) is 58.2 Å². The van der Waals surface area contributed by atoms with Gasteiger partial charge in [-0.3, -0.25) is 0 Å². The van der Waals surface area contributed by atoms with Crippen molar-refractivity contribution in [2.75, 3.05) is 0 Å². The van der Waals surface area contributed by atoms with E-state index in [9.17, 15) is 8.42 Å². The van der Waals surface area contributed by atoms with Crippen molar-refractivity contribution < 1.29 is 8.42 Å². The monoisotopic (exact) mass is 395 g/mol. The molecule has 0 saturated heterocycles. The highest BCUT2D eigenvalue weighted by molar-refractivity contribution is 9.10. The molecule has 0 spiro atoms. The molecule has 0 bridgehead atoms. The van der Waals surface area contributed by atoms with E-state index in [0.29, 0.717) is 15.4 Å². The van der Waals surface area contributed by atoms with Gasteiger partial charge < -0.3 is 5.73 Å². The minimum atomic E-state index is -3.77. The minimum absolute atomic E-state index is 0.118. The zero-order chi connectivity index (χ0) is 15.9. The highest BCUT2D eigenvalue weighted by Crippen LogP contribution is 2.26. The number of pyridine rings is 1. The number of hydrogen-bond acceptors (Lipinski definition) is 4. The second kappa shape index (κ2) is 5.45. The molecular weight excluding hydrogens is 386 g/mol. The summed E-state index contributed by atoms with van der Waals surface area (Å²) < 4.78 is 27.4. The molecule has 112 valence electrons. The Labute approximate surface area is 141 Å². The van der Waals surface area contributed by atoms with E-state index in [0.717, 1.165) is 3.97 Å². The molecule has 0 saturated carbocycles. The van der Waals surface area contributed by atoms with Gasteiger partial charge in [0.25, 0.3) is 10.0 Å². The van der Waals surface area contributed by atoms with E-state index in [-0.39, 0.29) is 15.5 Å². The van der Waals surface area contributed by atoms with E-state index in [4.69, 9.17) is 18.0 Å². The molecule has 8 heteroatoms. The van der Waals surface area contributed by atoms with Gasteiger partial charge >= 0.3 is 0 Å². The fourth-order valence-electron chi connectivity index (χ4n) is 2.14. The number of nitrogens with zero attached hydrogens (tertiary/aromatic N) is 2. The maximum atomic E-state index is 12.8. The first-order chi connectivity index (χ1) is 10.4. The van der Waals surface area contributed by atoms with Crippen LogP contribution in [-0.2, 0) is 10.0 Å². The first-order valence-corrected chi connectivity index (χ1v) is 8.82. The lowest BCUT2D eigenvalue weighted by atomic mass is 10.2. The lowest BCUT2D eigenvalue weighted by Crippen LogP contribution is -2.13. The van der Waals surface area contributed by atoms with Crippen LogP contribution in [0.2, 0.25) is 0 Å². The summed E-state index contributed by atoms with van der Waals surface area (Å²) in [6.07, 6.45) is 2.94. The number of fused-ring (bicyclic) bond motifs is 1. The summed E-state index contributed by atoms with van der Waals surface area (Å²) in [7, 11) is -3.77. The molecule has 3 aromatic rings. The van der Waals surface area contributed by atoms with Crippen molar-refractivity contribution in [1.29, 1.82) is 0 Å². The van der Waals surface area contributed by atoms with E-state index in [1.807, 2.05) is 0 Å². The Balaban J connectivity index is 2.35. The second-order valence-corrected chi connectivity index (χ2v) is 7.72. The number of benzene rings is 1. The summed E-state index contributed by atoms with van der Waals surface area (Å²) in [6.45, 7) is 0. The first kappa shape index (κ1) is 15.1. The molecule has 0 aliphatic carbocycles. The lowest BCUT2D eigenvalue weighted by Gasteiger charge is -2.06. The molecule has 0 aliphatic heterocycles. The standard InChI is InChI=1S/C14H10BrN3O2S2/c15-9-6-11-12(13(16)21)8-18(14(11)17-7-9)22(19,20)10-4-2-1-3-5-10/h1-8H,(H2,16,21). The smallest absolute Gasteiger partial charge is 0.269 e. The van der Waals surface area contributed by atoms with Crippen LogP contribution < -0.4 is 5.73 Å². The van der Waals surface area contributed by atoms with Crippen molar-refractivity contribution in [3.05, 3.63) is 58.8 Å². The lowest BCUT2D eigenvalue weighted by molar-refractivity contribution is 0.588. The van der Waals surface area contributed by atoms with Crippen molar-refractivity contribution in [3.63, 3.8) is 0 Å². The first-order valence-electron chi connectivity index (χ1n) is 6.18. The van der Waals surface area contributed by atoms with E-state index in [1.54, 1.807) is 24.3 Å². The molecule has 2 N–H and O–H groups in total. The molecule has 1 aromatic carbocycles. The Morgan fingerprint density at radius 2 is 1.95 bits per heavy atom. The molecule has 5 nitrogen and oxygen atoms in total. The van der Waals surface area contributed by atoms with E-state index < -0.39 is 10.0 Å². The number of hydrogen-bond donors (Lipinski definition) is 1. The third-order valence-electron chi connectivity index (χ3n) is 3.14. The molecular formula is C14H10BrN3O2S2. The predicted molar refractivity (Wildman–Crippen MR) is 92.3 cm³/mol. The summed E-state index contributed by atoms with van der Waals surface area (Å²) >= 11 is 8.33. The zero-order valence-corrected chi connectivity index (χ0v) is 14.3. The number of halogens is 1. The molecule has 0 atom stereocenters. The van der Waals surface area contributed by atoms with Crippen LogP contribution in [0.5, 0.6) is 0 Å². The van der Waals surface area contributed by atoms with Crippen molar-refractivity contribution >= 4 is 54.2 Å². The maximum absolute atomic E-state index is 12.8. The molecule has 0 fully saturated rings. The molecule has 22 heavy (non-hydrogen) atoms. The van der Waals surface area contributed by atoms with Crippen LogP contribution in [0.25, 0.3) is 11.0 Å². The van der Waals surface area contributed by atoms with Crippen LogP contribution in [0.4, 0.5) is 0 Å². The van der Waals surface area contributed by atoms with Gasteiger partial charge in [-0.05, 0) is 34.1 Å². The normalized spacial score (nSPS) is 11.7. The Hall–Kier alpha value is -1.77. The van der Waals surface area contributed by atoms with Crippen LogP contribution in [0, 0.1) is 0 Å². The highest BCUT2D eigenvalue weighted by Gasteiger charge is 2.22. The van der Waals surface area contributed by atoms with E-state index in [2.05, 4.69) is 20.9 Å². The maximum Gasteiger partial charge on any atom is 0.269 e. The van der Waals surface area contributed by atoms with Gasteiger partial charge in [-0.2, -0.15) is 0 Å². The Kier molecular flexibility index (Phi) is 3.75. The minimum Gasteiger partial charge on any atom is -0.389 e. The number of thiocarbonyl (C=S) groups is 1. The summed E-state index contributed by atoms with van der Waals surface area (Å²) in [5.41, 5.74) is 6.46. The van der Waals surface area contributed by atoms with Crippen molar-refractivity contribution in [2.45, 2.75) is 4.90 Å². The molecule has 0 unspecified atom stereocenters. The van der Waals surface area contributed by atoms with Crippen molar-refractivity contribution in [2.24, 2.45) is 5.73 Å². The van der Waals surface area contributed by atoms with Crippen LogP contribution in [0.1, 0.15) is 5.56 Å². The van der Waals surface area contributed by atoms with Crippen molar-refractivity contribution in [1.82, 2.24) is 8.96 Å². The Morgan fingerprint density at radius 1 is 1.27 bits per heavy atom. The zero-order valence-electron chi connectivity index (χ0n) is 11.1. The quantitative estimate of drug-likeness (QED) is 0.689. The fourth-order valence-corrected chi connectivity index (χ4v) is 3.98. The fraction of sp³-hybridized carbons (Fsp3) is 0. The van der Waals surface area contributed by atoms with Gasteiger partial charge in [0.2, 0.25) is 0 Å². The van der Waals surface area contributed by atoms with E-state index in [1.165, 1.54) is 24.5 Å². The van der Waals surface area contributed by atoms with Gasteiger partial charge in [-0.25, -0.2) is 17.4 Å². The van der Waals surface area contributed by atoms with Gasteiger partial charge in [0.15, 0.2) is 5.65 Å². The van der Waals surface area contributed by atoms with Crippen LogP contribution in [-0.4, -0.2) is 22.4 Å². The average Bonchev–Trinajstić information content (AvgIpc) is 2.87. The van der Waals surface area contributed by atoms with Gasteiger partial charge in [-0.15, -0.1) is 0 Å². The van der Waals surface area contributed by atoms with Gasteiger partial charge in [0.1, 0.15) is 4.99 Å². The Bertz CT molecular complexity index is 982. The topological polar surface area (TPSA) is 78.0 Å². The van der Waals surface area contributed by atoms with Gasteiger partial charge in [0, 0.05) is 27.8 Å². The second-order valence-electron chi connectivity index (χ2n) is 4.55. The summed E-state index contributed by atoms with van der Waals surface area (Å²) in [5.74, 6) is 0. The molecule has 0 aliphatic rings. The third kappa shape index (κ3) is 2.43. The van der Waals surface area contributed by atoms with Crippen LogP contribution in [0.3, 0.4) is 0 Å². The molecule has 2 heterocycles. The predicted octanol–water partition coefficient (Wildman–Crippen LogP) is 2.67. The van der Waals surface area contributed by atoms with Gasteiger partial charge in [0.05, 0.1) is 4.90 Å². The number of nitrogens with two attached hydrogens (primary N) is 1. The number of rotatable bonds is 3. The third-order valence-corrected chi connectivity index (χ3v) is 5.46. The number of aromatic nitrogens is 2. The molecule has 2 aromatic heterocycles. The summed E-state index contributed by atoms with van der Waals surface area (Å²) in [5, 5.41) is 0.585. The molecule has 3 rings (SSSR count). The van der Waals surface area contributed by atoms with Crippen LogP contribution >= 0.6 is 28.1 Å². The molecule has 0 radical (unpaired) electrons. The summed E-state index contributed by atoms with van der Waals surface area (Å²) in [6, 6.07) is 9.88. The molecule has 0 amide bonds. The van der Waals surface area contributed by atoms with Gasteiger partial charge in [-0.1, -0.05) is 30.4 Å². The van der Waals surface area contributed by atoms with E-state index >= 15 is 0 Å². The SMILES string of the molecule is NC(=S)c1cn(S(=O)(=O)c2ccccc2)c2ncc(Br)cc12. The van der Waals surface area contributed by atoms with Crippen molar-refractivity contribution in [3.8, 4) is 0 Å². The largest absolute Gasteiger partial charge is 0.389 e. The average molecular weight is 396 g/mol.